The third-order valence-corrected chi connectivity index (χ3v) is 5.68. The van der Waals surface area contributed by atoms with Crippen molar-refractivity contribution in [3.8, 4) is 17.2 Å². The van der Waals surface area contributed by atoms with Gasteiger partial charge in [-0.2, -0.15) is 0 Å². The van der Waals surface area contributed by atoms with Gasteiger partial charge in [-0.3, -0.25) is 0 Å². The minimum Gasteiger partial charge on any atom is -0.488 e. The predicted octanol–water partition coefficient (Wildman–Crippen LogP) is 6.75. The number of hydrogen-bond acceptors (Lipinski definition) is 5. The van der Waals surface area contributed by atoms with E-state index in [1.165, 1.54) is 4.88 Å². The molecule has 5 rings (SSSR count). The number of ether oxygens (including phenoxy) is 1. The number of fused-ring (bicyclic) bond motifs is 1. The molecule has 3 aromatic carbocycles. The number of rotatable bonds is 7. The highest BCUT2D eigenvalue weighted by atomic mass is 32.1. The van der Waals surface area contributed by atoms with E-state index in [2.05, 4.69) is 27.8 Å². The largest absolute Gasteiger partial charge is 0.488 e. The zero-order chi connectivity index (χ0) is 20.2. The lowest BCUT2D eigenvalue weighted by Crippen LogP contribution is -2.03. The zero-order valence-electron chi connectivity index (χ0n) is 16.2. The molecule has 0 aliphatic rings. The summed E-state index contributed by atoms with van der Waals surface area (Å²) in [6.45, 7) is 1.27. The molecule has 4 nitrogen and oxygen atoms in total. The van der Waals surface area contributed by atoms with E-state index in [1.54, 1.807) is 11.3 Å². The summed E-state index contributed by atoms with van der Waals surface area (Å²) in [6, 6.07) is 28.2. The second-order valence-corrected chi connectivity index (χ2v) is 7.93. The molecular formula is C25H20N2O2S. The van der Waals surface area contributed by atoms with Gasteiger partial charge in [-0.15, -0.1) is 11.3 Å². The maximum Gasteiger partial charge on any atom is 0.227 e. The summed E-state index contributed by atoms with van der Waals surface area (Å²) >= 11 is 1.71. The highest BCUT2D eigenvalue weighted by Gasteiger charge is 2.08. The molecule has 0 aliphatic carbocycles. The Morgan fingerprint density at radius 3 is 2.53 bits per heavy atom. The molecule has 5 aromatic rings. The Morgan fingerprint density at radius 1 is 0.867 bits per heavy atom. The summed E-state index contributed by atoms with van der Waals surface area (Å²) in [5.74, 6) is 1.54. The van der Waals surface area contributed by atoms with Crippen molar-refractivity contribution in [2.45, 2.75) is 13.2 Å². The molecule has 0 saturated heterocycles. The molecule has 2 aromatic heterocycles. The SMILES string of the molecule is c1csc(COc2ccccc2CNc2ccc(-c3nc4ccccc4o3)cc2)c1. The molecule has 0 aliphatic heterocycles. The molecule has 0 bridgehead atoms. The molecule has 1 N–H and O–H groups in total. The van der Waals surface area contributed by atoms with Crippen molar-refractivity contribution in [3.63, 3.8) is 0 Å². The Kier molecular flexibility index (Phi) is 5.19. The fourth-order valence-electron chi connectivity index (χ4n) is 3.26. The maximum absolute atomic E-state index is 6.03. The van der Waals surface area contributed by atoms with E-state index < -0.39 is 0 Å². The highest BCUT2D eigenvalue weighted by molar-refractivity contribution is 7.09. The smallest absolute Gasteiger partial charge is 0.227 e. The number of anilines is 1. The van der Waals surface area contributed by atoms with Gasteiger partial charge in [-0.1, -0.05) is 36.4 Å². The number of oxazole rings is 1. The number of benzene rings is 3. The van der Waals surface area contributed by atoms with Crippen LogP contribution in [0.5, 0.6) is 5.75 Å². The fraction of sp³-hybridized carbons (Fsp3) is 0.0800. The van der Waals surface area contributed by atoms with Gasteiger partial charge < -0.3 is 14.5 Å². The van der Waals surface area contributed by atoms with Crippen molar-refractivity contribution >= 4 is 28.1 Å². The fourth-order valence-corrected chi connectivity index (χ4v) is 3.87. The molecule has 0 unspecified atom stereocenters. The second-order valence-electron chi connectivity index (χ2n) is 6.89. The van der Waals surface area contributed by atoms with Crippen LogP contribution in [0, 0.1) is 0 Å². The van der Waals surface area contributed by atoms with Gasteiger partial charge in [0.2, 0.25) is 5.89 Å². The number of para-hydroxylation sites is 3. The first-order valence-electron chi connectivity index (χ1n) is 9.78. The van der Waals surface area contributed by atoms with Gasteiger partial charge in [0, 0.05) is 28.2 Å². The minimum atomic E-state index is 0.591. The monoisotopic (exact) mass is 412 g/mol. The lowest BCUT2D eigenvalue weighted by Gasteiger charge is -2.12. The summed E-state index contributed by atoms with van der Waals surface area (Å²) in [5, 5.41) is 5.54. The van der Waals surface area contributed by atoms with E-state index in [-0.39, 0.29) is 0 Å². The number of nitrogens with one attached hydrogen (secondary N) is 1. The zero-order valence-corrected chi connectivity index (χ0v) is 17.1. The van der Waals surface area contributed by atoms with Gasteiger partial charge in [-0.25, -0.2) is 4.98 Å². The van der Waals surface area contributed by atoms with E-state index in [9.17, 15) is 0 Å². The van der Waals surface area contributed by atoms with E-state index in [4.69, 9.17) is 9.15 Å². The van der Waals surface area contributed by atoms with Crippen LogP contribution in [0.15, 0.2) is 94.7 Å². The van der Waals surface area contributed by atoms with Crippen molar-refractivity contribution in [3.05, 3.63) is 101 Å². The summed E-state index contributed by atoms with van der Waals surface area (Å²) in [7, 11) is 0. The van der Waals surface area contributed by atoms with Crippen LogP contribution in [0.2, 0.25) is 0 Å². The first-order valence-corrected chi connectivity index (χ1v) is 10.7. The molecule has 0 saturated carbocycles. The second kappa shape index (κ2) is 8.43. The van der Waals surface area contributed by atoms with E-state index >= 15 is 0 Å². The average molecular weight is 413 g/mol. The van der Waals surface area contributed by atoms with Gasteiger partial charge in [0.1, 0.15) is 17.9 Å². The number of aromatic nitrogens is 1. The molecule has 148 valence electrons. The molecule has 0 atom stereocenters. The summed E-state index contributed by atoms with van der Waals surface area (Å²) in [4.78, 5) is 5.77. The van der Waals surface area contributed by atoms with Crippen molar-refractivity contribution < 1.29 is 9.15 Å². The van der Waals surface area contributed by atoms with Crippen LogP contribution in [0.3, 0.4) is 0 Å². The quantitative estimate of drug-likeness (QED) is 0.321. The van der Waals surface area contributed by atoms with Gasteiger partial charge in [0.05, 0.1) is 0 Å². The number of thiophene rings is 1. The average Bonchev–Trinajstić information content (AvgIpc) is 3.47. The summed E-state index contributed by atoms with van der Waals surface area (Å²) in [6.07, 6.45) is 0. The first-order chi connectivity index (χ1) is 14.8. The Balaban J connectivity index is 1.26. The van der Waals surface area contributed by atoms with Gasteiger partial charge in [0.25, 0.3) is 0 Å². The van der Waals surface area contributed by atoms with Gasteiger partial charge in [0.15, 0.2) is 5.58 Å². The Labute approximate surface area is 178 Å². The van der Waals surface area contributed by atoms with Crippen molar-refractivity contribution in [1.29, 1.82) is 0 Å². The van der Waals surface area contributed by atoms with Gasteiger partial charge >= 0.3 is 0 Å². The van der Waals surface area contributed by atoms with Crippen LogP contribution in [0.1, 0.15) is 10.4 Å². The standard InChI is InChI=1S/C25H20N2O2S/c1-3-9-23(28-17-21-7-5-15-30-21)19(6-1)16-26-20-13-11-18(12-14-20)25-27-22-8-2-4-10-24(22)29-25/h1-15,26H,16-17H2. The van der Waals surface area contributed by atoms with Crippen molar-refractivity contribution in [2.75, 3.05) is 5.32 Å². The van der Waals surface area contributed by atoms with Crippen LogP contribution in [-0.4, -0.2) is 4.98 Å². The Hall–Kier alpha value is -3.57. The summed E-state index contributed by atoms with van der Waals surface area (Å²) < 4.78 is 11.9. The van der Waals surface area contributed by atoms with Crippen LogP contribution in [-0.2, 0) is 13.2 Å². The third-order valence-electron chi connectivity index (χ3n) is 4.83. The minimum absolute atomic E-state index is 0.591. The van der Waals surface area contributed by atoms with E-state index in [0.717, 1.165) is 33.7 Å². The van der Waals surface area contributed by atoms with Crippen LogP contribution in [0.4, 0.5) is 5.69 Å². The molecule has 0 fully saturated rings. The third kappa shape index (κ3) is 4.07. The molecular weight excluding hydrogens is 392 g/mol. The normalized spacial score (nSPS) is 10.9. The molecule has 30 heavy (non-hydrogen) atoms. The van der Waals surface area contributed by atoms with Crippen molar-refractivity contribution in [2.24, 2.45) is 0 Å². The van der Waals surface area contributed by atoms with Gasteiger partial charge in [-0.05, 0) is 53.9 Å². The molecule has 0 amide bonds. The molecule has 2 heterocycles. The van der Waals surface area contributed by atoms with Crippen molar-refractivity contribution in [1.82, 2.24) is 4.98 Å². The predicted molar refractivity (Wildman–Crippen MR) is 122 cm³/mol. The topological polar surface area (TPSA) is 47.3 Å². The Bertz CT molecular complexity index is 1210. The van der Waals surface area contributed by atoms with E-state index in [0.29, 0.717) is 19.0 Å². The lowest BCUT2D eigenvalue weighted by atomic mass is 10.1. The van der Waals surface area contributed by atoms with Crippen LogP contribution >= 0.6 is 11.3 Å². The lowest BCUT2D eigenvalue weighted by molar-refractivity contribution is 0.307. The maximum atomic E-state index is 6.03. The number of nitrogens with zero attached hydrogens (tertiary/aromatic N) is 1. The Morgan fingerprint density at radius 2 is 1.70 bits per heavy atom. The summed E-state index contributed by atoms with van der Waals surface area (Å²) in [5.41, 5.74) is 4.78. The highest BCUT2D eigenvalue weighted by Crippen LogP contribution is 2.26. The molecule has 5 heteroatoms. The number of hydrogen-bond donors (Lipinski definition) is 1. The van der Waals surface area contributed by atoms with Crippen LogP contribution in [0.25, 0.3) is 22.6 Å². The van der Waals surface area contributed by atoms with Crippen LogP contribution < -0.4 is 10.1 Å². The first kappa shape index (κ1) is 18.5. The molecule has 0 spiro atoms. The molecule has 0 radical (unpaired) electrons. The van der Waals surface area contributed by atoms with E-state index in [1.807, 2.05) is 72.8 Å².